The van der Waals surface area contributed by atoms with Gasteiger partial charge < -0.3 is 9.88 Å². The number of para-hydroxylation sites is 1. The van der Waals surface area contributed by atoms with Crippen molar-refractivity contribution < 1.29 is 8.78 Å². The molecule has 0 amide bonds. The summed E-state index contributed by atoms with van der Waals surface area (Å²) < 4.78 is 28.6. The zero-order chi connectivity index (χ0) is 23.2. The van der Waals surface area contributed by atoms with Crippen LogP contribution in [0.5, 0.6) is 0 Å². The highest BCUT2D eigenvalue weighted by Crippen LogP contribution is 2.45. The van der Waals surface area contributed by atoms with Gasteiger partial charge in [0.15, 0.2) is 0 Å². The lowest BCUT2D eigenvalue weighted by Gasteiger charge is -2.42. The Labute approximate surface area is 203 Å². The fourth-order valence-corrected chi connectivity index (χ4v) is 8.07. The Morgan fingerprint density at radius 1 is 1.18 bits per heavy atom. The molecule has 1 fully saturated rings. The lowest BCUT2D eigenvalue weighted by Crippen LogP contribution is -2.49. The zero-order valence-electron chi connectivity index (χ0n) is 19.6. The molecule has 0 saturated carbocycles. The summed E-state index contributed by atoms with van der Waals surface area (Å²) in [7, 11) is 0. The summed E-state index contributed by atoms with van der Waals surface area (Å²) in [5, 5.41) is 1.86. The van der Waals surface area contributed by atoms with Crippen LogP contribution in [0.1, 0.15) is 49.4 Å². The predicted molar refractivity (Wildman–Crippen MR) is 136 cm³/mol. The monoisotopic (exact) mass is 489 g/mol. The van der Waals surface area contributed by atoms with Crippen LogP contribution in [-0.4, -0.2) is 64.6 Å². The third-order valence-electron chi connectivity index (χ3n) is 6.76. The van der Waals surface area contributed by atoms with E-state index in [9.17, 15) is 8.78 Å². The molecular formula is C26H33F2N3S2. The van der Waals surface area contributed by atoms with Crippen LogP contribution >= 0.6 is 23.1 Å². The van der Waals surface area contributed by atoms with E-state index in [1.54, 1.807) is 13.8 Å². The average Bonchev–Trinajstić information content (AvgIpc) is 3.34. The first-order valence-corrected chi connectivity index (χ1v) is 13.6. The molecule has 2 aliphatic heterocycles. The SMILES string of the molecule is C[C@@H]1Cc2c([nH]c3ccccc23)[C@@H](c2ccc(SC3CN(CCCF)C3)s2)N1CC(C)(C)F. The van der Waals surface area contributed by atoms with Gasteiger partial charge in [0, 0.05) is 58.9 Å². The molecule has 0 bridgehead atoms. The van der Waals surface area contributed by atoms with Gasteiger partial charge in [-0.05, 0) is 57.4 Å². The Balaban J connectivity index is 1.42. The molecule has 3 nitrogen and oxygen atoms in total. The molecule has 1 saturated heterocycles. The Morgan fingerprint density at radius 2 is 1.97 bits per heavy atom. The van der Waals surface area contributed by atoms with Gasteiger partial charge in [-0.3, -0.25) is 9.29 Å². The Bertz CT molecular complexity index is 1100. The number of aromatic nitrogens is 1. The minimum absolute atomic E-state index is 0.0352. The first kappa shape index (κ1) is 23.3. The molecular weight excluding hydrogens is 456 g/mol. The number of nitrogens with one attached hydrogen (secondary N) is 1. The summed E-state index contributed by atoms with van der Waals surface area (Å²) in [6.07, 6.45) is 1.56. The van der Waals surface area contributed by atoms with Crippen molar-refractivity contribution in [3.63, 3.8) is 0 Å². The van der Waals surface area contributed by atoms with Gasteiger partial charge in [-0.1, -0.05) is 18.2 Å². The van der Waals surface area contributed by atoms with Crippen LogP contribution in [0.4, 0.5) is 8.78 Å². The Hall–Kier alpha value is -1.41. The first-order chi connectivity index (χ1) is 15.8. The van der Waals surface area contributed by atoms with Crippen molar-refractivity contribution in [3.05, 3.63) is 52.5 Å². The molecule has 4 heterocycles. The van der Waals surface area contributed by atoms with Gasteiger partial charge in [-0.15, -0.1) is 23.1 Å². The van der Waals surface area contributed by atoms with Crippen LogP contribution in [0.3, 0.4) is 0 Å². The fourth-order valence-electron chi connectivity index (χ4n) is 5.27. The van der Waals surface area contributed by atoms with Crippen molar-refractivity contribution in [1.29, 1.82) is 0 Å². The third-order valence-corrected chi connectivity index (χ3v) is 9.23. The molecule has 0 unspecified atom stereocenters. The number of rotatable bonds is 8. The van der Waals surface area contributed by atoms with Gasteiger partial charge in [0.05, 0.1) is 16.9 Å². The molecule has 1 aromatic carbocycles. The normalized spacial score (nSPS) is 22.6. The average molecular weight is 490 g/mol. The summed E-state index contributed by atoms with van der Waals surface area (Å²) in [4.78, 5) is 9.65. The number of thiophene rings is 1. The second-order valence-corrected chi connectivity index (χ2v) is 12.8. The lowest BCUT2D eigenvalue weighted by molar-refractivity contribution is 0.0679. The van der Waals surface area contributed by atoms with Gasteiger partial charge >= 0.3 is 0 Å². The molecule has 2 aromatic heterocycles. The fraction of sp³-hybridized carbons (Fsp3) is 0.538. The van der Waals surface area contributed by atoms with E-state index >= 15 is 0 Å². The van der Waals surface area contributed by atoms with E-state index in [0.717, 1.165) is 31.6 Å². The number of halogens is 2. The molecule has 33 heavy (non-hydrogen) atoms. The van der Waals surface area contributed by atoms with Gasteiger partial charge in [0.25, 0.3) is 0 Å². The maximum atomic E-state index is 14.9. The first-order valence-electron chi connectivity index (χ1n) is 11.9. The number of H-pyrrole nitrogens is 1. The quantitative estimate of drug-likeness (QED) is 0.393. The zero-order valence-corrected chi connectivity index (χ0v) is 21.2. The second-order valence-electron chi connectivity index (χ2n) is 10.1. The van der Waals surface area contributed by atoms with Crippen molar-refractivity contribution in [1.82, 2.24) is 14.8 Å². The molecule has 2 atom stereocenters. The molecule has 0 radical (unpaired) electrons. The van der Waals surface area contributed by atoms with Crippen molar-refractivity contribution in [2.45, 2.75) is 60.8 Å². The van der Waals surface area contributed by atoms with Gasteiger partial charge in [0.2, 0.25) is 0 Å². The number of aromatic amines is 1. The Kier molecular flexibility index (Phi) is 6.60. The molecule has 1 N–H and O–H groups in total. The van der Waals surface area contributed by atoms with E-state index in [2.05, 4.69) is 58.1 Å². The largest absolute Gasteiger partial charge is 0.357 e. The van der Waals surface area contributed by atoms with Crippen LogP contribution in [0.25, 0.3) is 10.9 Å². The van der Waals surface area contributed by atoms with E-state index in [0.29, 0.717) is 18.2 Å². The predicted octanol–water partition coefficient (Wildman–Crippen LogP) is 6.45. The summed E-state index contributed by atoms with van der Waals surface area (Å²) in [5.74, 6) is 0. The van der Waals surface area contributed by atoms with Crippen LogP contribution in [0.2, 0.25) is 0 Å². The smallest absolute Gasteiger partial charge is 0.118 e. The van der Waals surface area contributed by atoms with E-state index in [4.69, 9.17) is 0 Å². The molecule has 178 valence electrons. The second kappa shape index (κ2) is 9.33. The van der Waals surface area contributed by atoms with Crippen LogP contribution in [-0.2, 0) is 6.42 Å². The van der Waals surface area contributed by atoms with Crippen molar-refractivity contribution >= 4 is 34.0 Å². The van der Waals surface area contributed by atoms with E-state index in [1.165, 1.54) is 25.7 Å². The van der Waals surface area contributed by atoms with E-state index in [-0.39, 0.29) is 18.8 Å². The highest BCUT2D eigenvalue weighted by atomic mass is 32.2. The molecule has 2 aliphatic rings. The standard InChI is InChI=1S/C26H33F2N3S2/c1-17-13-20-19-7-4-5-8-21(19)29-24(20)25(31(17)16-26(2,3)28)22-9-10-23(33-22)32-18-14-30(15-18)12-6-11-27/h4-5,7-10,17-18,25,29H,6,11-16H2,1-3H3/t17-,25-/m1/s1. The number of likely N-dealkylation sites (tertiary alicyclic amines) is 1. The minimum Gasteiger partial charge on any atom is -0.357 e. The number of alkyl halides is 2. The molecule has 7 heteroatoms. The molecule has 0 spiro atoms. The maximum Gasteiger partial charge on any atom is 0.118 e. The van der Waals surface area contributed by atoms with Crippen LogP contribution < -0.4 is 0 Å². The number of hydrogen-bond acceptors (Lipinski definition) is 4. The van der Waals surface area contributed by atoms with Crippen molar-refractivity contribution in [3.8, 4) is 0 Å². The molecule has 3 aromatic rings. The summed E-state index contributed by atoms with van der Waals surface area (Å²) in [5.41, 5.74) is 2.49. The number of fused-ring (bicyclic) bond motifs is 3. The molecule has 0 aliphatic carbocycles. The minimum atomic E-state index is -1.26. The van der Waals surface area contributed by atoms with Gasteiger partial charge in [0.1, 0.15) is 5.67 Å². The van der Waals surface area contributed by atoms with Crippen molar-refractivity contribution in [2.24, 2.45) is 0 Å². The summed E-state index contributed by atoms with van der Waals surface area (Å²) >= 11 is 3.78. The van der Waals surface area contributed by atoms with Crippen LogP contribution in [0.15, 0.2) is 40.6 Å². The summed E-state index contributed by atoms with van der Waals surface area (Å²) in [6, 6.07) is 13.3. The topological polar surface area (TPSA) is 22.3 Å². The Morgan fingerprint density at radius 3 is 2.73 bits per heavy atom. The van der Waals surface area contributed by atoms with E-state index in [1.807, 2.05) is 23.1 Å². The lowest BCUT2D eigenvalue weighted by atomic mass is 9.90. The van der Waals surface area contributed by atoms with Gasteiger partial charge in [-0.2, -0.15) is 0 Å². The van der Waals surface area contributed by atoms with E-state index < -0.39 is 5.67 Å². The maximum absolute atomic E-state index is 14.9. The summed E-state index contributed by atoms with van der Waals surface area (Å²) in [6.45, 7) is 8.69. The number of hydrogen-bond donors (Lipinski definition) is 1. The highest BCUT2D eigenvalue weighted by molar-refractivity contribution is 8.01. The number of thioether (sulfide) groups is 1. The van der Waals surface area contributed by atoms with Gasteiger partial charge in [-0.25, -0.2) is 4.39 Å². The molecule has 5 rings (SSSR count). The highest BCUT2D eigenvalue weighted by Gasteiger charge is 2.39. The number of nitrogens with zero attached hydrogens (tertiary/aromatic N) is 2. The van der Waals surface area contributed by atoms with Crippen molar-refractivity contribution in [2.75, 3.05) is 32.9 Å². The third kappa shape index (κ3) is 4.88. The number of benzene rings is 1. The van der Waals surface area contributed by atoms with Crippen LogP contribution in [0, 0.1) is 0 Å².